The Morgan fingerprint density at radius 1 is 1.39 bits per heavy atom. The van der Waals surface area contributed by atoms with Crippen LogP contribution in [0.3, 0.4) is 0 Å². The van der Waals surface area contributed by atoms with E-state index < -0.39 is 0 Å². The number of carbonyl (C=O) groups is 1. The minimum absolute atomic E-state index is 0.109. The molecule has 0 spiro atoms. The molecule has 18 heavy (non-hydrogen) atoms. The zero-order chi connectivity index (χ0) is 13.2. The molecule has 0 saturated carbocycles. The maximum absolute atomic E-state index is 11.7. The van der Waals surface area contributed by atoms with E-state index in [1.807, 2.05) is 39.0 Å². The molecular formula is C14H20N2O2. The highest BCUT2D eigenvalue weighted by Crippen LogP contribution is 2.22. The number of fused-ring (bicyclic) bond motifs is 1. The first-order valence-corrected chi connectivity index (χ1v) is 6.24. The van der Waals surface area contributed by atoms with Gasteiger partial charge in [-0.1, -0.05) is 18.2 Å². The molecule has 0 saturated heterocycles. The van der Waals surface area contributed by atoms with Gasteiger partial charge in [0, 0.05) is 17.6 Å². The number of rotatable bonds is 1. The molecule has 1 atom stereocenters. The molecule has 1 unspecified atom stereocenters. The average molecular weight is 248 g/mol. The Morgan fingerprint density at radius 2 is 2.11 bits per heavy atom. The summed E-state index contributed by atoms with van der Waals surface area (Å²) in [5.74, 6) is 0. The van der Waals surface area contributed by atoms with Crippen LogP contribution in [0.1, 0.15) is 26.3 Å². The van der Waals surface area contributed by atoms with Gasteiger partial charge in [0.25, 0.3) is 0 Å². The smallest absolute Gasteiger partial charge is 0.407 e. The van der Waals surface area contributed by atoms with Gasteiger partial charge in [-0.25, -0.2) is 4.79 Å². The number of ether oxygens (including phenoxy) is 1. The second-order valence-electron chi connectivity index (χ2n) is 5.64. The Bertz CT molecular complexity index is 438. The van der Waals surface area contributed by atoms with Crippen molar-refractivity contribution in [3.8, 4) is 0 Å². The SMILES string of the molecule is CC(C)(C)NC(=O)OC1CNc2ccccc2C1. The molecule has 2 N–H and O–H groups in total. The molecule has 0 fully saturated rings. The van der Waals surface area contributed by atoms with E-state index in [9.17, 15) is 4.79 Å². The van der Waals surface area contributed by atoms with Crippen LogP contribution < -0.4 is 10.6 Å². The van der Waals surface area contributed by atoms with Gasteiger partial charge in [-0.2, -0.15) is 0 Å². The van der Waals surface area contributed by atoms with Crippen LogP contribution in [0.25, 0.3) is 0 Å². The number of hydrogen-bond acceptors (Lipinski definition) is 3. The van der Waals surface area contributed by atoms with Crippen molar-refractivity contribution < 1.29 is 9.53 Å². The summed E-state index contributed by atoms with van der Waals surface area (Å²) in [5.41, 5.74) is 2.06. The Kier molecular flexibility index (Phi) is 3.45. The Morgan fingerprint density at radius 3 is 2.83 bits per heavy atom. The van der Waals surface area contributed by atoms with Crippen LogP contribution in [0.15, 0.2) is 24.3 Å². The Labute approximate surface area is 108 Å². The van der Waals surface area contributed by atoms with Crippen LogP contribution in [0.5, 0.6) is 0 Å². The second kappa shape index (κ2) is 4.88. The van der Waals surface area contributed by atoms with Gasteiger partial charge in [0.2, 0.25) is 0 Å². The lowest BCUT2D eigenvalue weighted by molar-refractivity contribution is 0.0956. The standard InChI is InChI=1S/C14H20N2O2/c1-14(2,3)16-13(17)18-11-8-10-6-4-5-7-12(10)15-9-11/h4-7,11,15H,8-9H2,1-3H3,(H,16,17). The van der Waals surface area contributed by atoms with Crippen molar-refractivity contribution in [1.82, 2.24) is 5.32 Å². The highest BCUT2D eigenvalue weighted by Gasteiger charge is 2.23. The molecule has 1 aromatic carbocycles. The van der Waals surface area contributed by atoms with Gasteiger partial charge in [0.15, 0.2) is 0 Å². The van der Waals surface area contributed by atoms with Gasteiger partial charge < -0.3 is 15.4 Å². The molecule has 1 aliphatic heterocycles. The van der Waals surface area contributed by atoms with Gasteiger partial charge in [0.05, 0.1) is 6.54 Å². The van der Waals surface area contributed by atoms with E-state index in [0.29, 0.717) is 6.54 Å². The lowest BCUT2D eigenvalue weighted by Crippen LogP contribution is -2.44. The average Bonchev–Trinajstić information content (AvgIpc) is 2.26. The molecule has 0 aliphatic carbocycles. The van der Waals surface area contributed by atoms with Gasteiger partial charge in [-0.15, -0.1) is 0 Å². The molecule has 1 heterocycles. The van der Waals surface area contributed by atoms with Crippen LogP contribution in [-0.2, 0) is 11.2 Å². The fourth-order valence-electron chi connectivity index (χ4n) is 1.98. The predicted molar refractivity (Wildman–Crippen MR) is 71.8 cm³/mol. The number of carbonyl (C=O) groups excluding carboxylic acids is 1. The second-order valence-corrected chi connectivity index (χ2v) is 5.64. The monoisotopic (exact) mass is 248 g/mol. The molecule has 2 rings (SSSR count). The molecule has 4 heteroatoms. The van der Waals surface area contributed by atoms with Crippen LogP contribution in [0.2, 0.25) is 0 Å². The molecule has 0 aromatic heterocycles. The number of nitrogens with one attached hydrogen (secondary N) is 2. The number of amides is 1. The lowest BCUT2D eigenvalue weighted by atomic mass is 10.0. The fraction of sp³-hybridized carbons (Fsp3) is 0.500. The third-order valence-corrected chi connectivity index (χ3v) is 2.74. The number of para-hydroxylation sites is 1. The number of anilines is 1. The van der Waals surface area contributed by atoms with Crippen molar-refractivity contribution in [3.05, 3.63) is 29.8 Å². The van der Waals surface area contributed by atoms with Crippen molar-refractivity contribution in [3.63, 3.8) is 0 Å². The van der Waals surface area contributed by atoms with E-state index in [1.54, 1.807) is 0 Å². The van der Waals surface area contributed by atoms with E-state index in [0.717, 1.165) is 12.1 Å². The van der Waals surface area contributed by atoms with Gasteiger partial charge >= 0.3 is 6.09 Å². The quantitative estimate of drug-likeness (QED) is 0.803. The van der Waals surface area contributed by atoms with E-state index in [2.05, 4.69) is 16.7 Å². The molecular weight excluding hydrogens is 228 g/mol. The summed E-state index contributed by atoms with van der Waals surface area (Å²) in [6.07, 6.45) is 0.303. The van der Waals surface area contributed by atoms with Crippen LogP contribution in [0, 0.1) is 0 Å². The minimum atomic E-state index is -0.353. The maximum atomic E-state index is 11.7. The first kappa shape index (κ1) is 12.7. The van der Waals surface area contributed by atoms with Crippen LogP contribution in [0.4, 0.5) is 10.5 Å². The van der Waals surface area contributed by atoms with Gasteiger partial charge in [-0.05, 0) is 32.4 Å². The molecule has 0 bridgehead atoms. The lowest BCUT2D eigenvalue weighted by Gasteiger charge is -2.28. The summed E-state index contributed by atoms with van der Waals surface area (Å²) in [6.45, 7) is 6.46. The molecule has 4 nitrogen and oxygen atoms in total. The van der Waals surface area contributed by atoms with Crippen molar-refractivity contribution in [2.24, 2.45) is 0 Å². The summed E-state index contributed by atoms with van der Waals surface area (Å²) in [6, 6.07) is 8.09. The predicted octanol–water partition coefficient (Wildman–Crippen LogP) is 2.55. The zero-order valence-electron chi connectivity index (χ0n) is 11.1. The fourth-order valence-corrected chi connectivity index (χ4v) is 1.98. The molecule has 1 amide bonds. The Hall–Kier alpha value is -1.71. The van der Waals surface area contributed by atoms with Crippen molar-refractivity contribution >= 4 is 11.8 Å². The number of alkyl carbamates (subject to hydrolysis) is 1. The van der Waals surface area contributed by atoms with E-state index in [4.69, 9.17) is 4.74 Å². The highest BCUT2D eigenvalue weighted by atomic mass is 16.6. The van der Waals surface area contributed by atoms with E-state index >= 15 is 0 Å². The molecule has 1 aliphatic rings. The molecule has 0 radical (unpaired) electrons. The van der Waals surface area contributed by atoms with Crippen molar-refractivity contribution in [2.75, 3.05) is 11.9 Å². The normalized spacial score (nSPS) is 18.5. The largest absolute Gasteiger partial charge is 0.444 e. The summed E-state index contributed by atoms with van der Waals surface area (Å²) in [4.78, 5) is 11.7. The summed E-state index contributed by atoms with van der Waals surface area (Å²) in [5, 5.41) is 6.08. The summed E-state index contributed by atoms with van der Waals surface area (Å²) < 4.78 is 5.41. The Balaban J connectivity index is 1.92. The first-order valence-electron chi connectivity index (χ1n) is 6.24. The van der Waals surface area contributed by atoms with Crippen LogP contribution in [-0.4, -0.2) is 24.3 Å². The summed E-state index contributed by atoms with van der Waals surface area (Å²) in [7, 11) is 0. The van der Waals surface area contributed by atoms with Crippen LogP contribution >= 0.6 is 0 Å². The summed E-state index contributed by atoms with van der Waals surface area (Å²) >= 11 is 0. The molecule has 1 aromatic rings. The van der Waals surface area contributed by atoms with Crippen molar-refractivity contribution in [1.29, 1.82) is 0 Å². The number of hydrogen-bond donors (Lipinski definition) is 2. The minimum Gasteiger partial charge on any atom is -0.444 e. The highest BCUT2D eigenvalue weighted by molar-refractivity contribution is 5.68. The van der Waals surface area contributed by atoms with Crippen molar-refractivity contribution in [2.45, 2.75) is 38.8 Å². The first-order chi connectivity index (χ1) is 8.44. The third kappa shape index (κ3) is 3.39. The van der Waals surface area contributed by atoms with Gasteiger partial charge in [0.1, 0.15) is 6.10 Å². The zero-order valence-corrected chi connectivity index (χ0v) is 11.1. The molecule has 98 valence electrons. The third-order valence-electron chi connectivity index (χ3n) is 2.74. The topological polar surface area (TPSA) is 50.4 Å². The maximum Gasteiger partial charge on any atom is 0.407 e. The van der Waals surface area contributed by atoms with E-state index in [1.165, 1.54) is 5.56 Å². The van der Waals surface area contributed by atoms with Gasteiger partial charge in [-0.3, -0.25) is 0 Å². The number of benzene rings is 1. The van der Waals surface area contributed by atoms with E-state index in [-0.39, 0.29) is 17.7 Å².